The minimum Gasteiger partial charge on any atom is -0.508 e. The van der Waals surface area contributed by atoms with E-state index in [4.69, 9.17) is 23.2 Å². The molecule has 0 radical (unpaired) electrons. The van der Waals surface area contributed by atoms with E-state index in [2.05, 4.69) is 5.32 Å². The molecule has 0 amide bonds. The van der Waals surface area contributed by atoms with Crippen LogP contribution in [0.1, 0.15) is 24.1 Å². The fraction of sp³-hybridized carbons (Fsp3) is 0.200. The van der Waals surface area contributed by atoms with Gasteiger partial charge in [-0.3, -0.25) is 0 Å². The molecule has 106 valence electrons. The molecule has 0 heterocycles. The van der Waals surface area contributed by atoms with E-state index >= 15 is 0 Å². The van der Waals surface area contributed by atoms with Crippen LogP contribution >= 0.6 is 23.2 Å². The maximum Gasteiger partial charge on any atom is 0.138 e. The van der Waals surface area contributed by atoms with Gasteiger partial charge in [0.2, 0.25) is 0 Å². The maximum absolute atomic E-state index is 9.88. The van der Waals surface area contributed by atoms with E-state index in [-0.39, 0.29) is 22.6 Å². The van der Waals surface area contributed by atoms with Crippen molar-refractivity contribution in [1.82, 2.24) is 5.32 Å². The van der Waals surface area contributed by atoms with Crippen LogP contribution in [-0.2, 0) is 6.54 Å². The normalized spacial score (nSPS) is 12.3. The van der Waals surface area contributed by atoms with Gasteiger partial charge >= 0.3 is 0 Å². The van der Waals surface area contributed by atoms with E-state index in [9.17, 15) is 10.2 Å². The van der Waals surface area contributed by atoms with E-state index in [0.29, 0.717) is 17.1 Å². The van der Waals surface area contributed by atoms with Gasteiger partial charge in [0.05, 0.1) is 5.02 Å². The Hall–Kier alpha value is -1.42. The molecule has 0 saturated heterocycles. The topological polar surface area (TPSA) is 52.5 Å². The molecule has 2 aromatic carbocycles. The third kappa shape index (κ3) is 3.57. The minimum absolute atomic E-state index is 0.0132. The van der Waals surface area contributed by atoms with Gasteiger partial charge in [0.25, 0.3) is 0 Å². The first kappa shape index (κ1) is 15.0. The van der Waals surface area contributed by atoms with Gasteiger partial charge < -0.3 is 15.5 Å². The molecule has 1 atom stereocenters. The third-order valence-electron chi connectivity index (χ3n) is 3.08. The van der Waals surface area contributed by atoms with Crippen molar-refractivity contribution in [2.75, 3.05) is 0 Å². The SMILES string of the molecule is CC(NCc1cc(Cl)cc(Cl)c1O)c1cccc(O)c1. The van der Waals surface area contributed by atoms with Crippen molar-refractivity contribution in [2.45, 2.75) is 19.5 Å². The average Bonchev–Trinajstić information content (AvgIpc) is 2.40. The first-order chi connectivity index (χ1) is 9.47. The quantitative estimate of drug-likeness (QED) is 0.791. The molecular weight excluding hydrogens is 297 g/mol. The van der Waals surface area contributed by atoms with Gasteiger partial charge in [0, 0.05) is 23.2 Å². The number of phenols is 2. The predicted molar refractivity (Wildman–Crippen MR) is 81.5 cm³/mol. The van der Waals surface area contributed by atoms with Gasteiger partial charge in [-0.05, 0) is 36.8 Å². The van der Waals surface area contributed by atoms with Crippen molar-refractivity contribution in [1.29, 1.82) is 0 Å². The molecule has 0 fully saturated rings. The largest absolute Gasteiger partial charge is 0.508 e. The van der Waals surface area contributed by atoms with Crippen LogP contribution < -0.4 is 5.32 Å². The summed E-state index contributed by atoms with van der Waals surface area (Å²) >= 11 is 11.8. The first-order valence-corrected chi connectivity index (χ1v) is 6.92. The fourth-order valence-electron chi connectivity index (χ4n) is 1.93. The van der Waals surface area contributed by atoms with Crippen LogP contribution in [0.4, 0.5) is 0 Å². The maximum atomic E-state index is 9.88. The zero-order valence-corrected chi connectivity index (χ0v) is 12.4. The highest BCUT2D eigenvalue weighted by atomic mass is 35.5. The highest BCUT2D eigenvalue weighted by Gasteiger charge is 2.10. The molecule has 2 rings (SSSR count). The Morgan fingerprint density at radius 3 is 2.60 bits per heavy atom. The number of nitrogens with one attached hydrogen (secondary N) is 1. The molecule has 0 saturated carbocycles. The van der Waals surface area contributed by atoms with Crippen LogP contribution in [0.15, 0.2) is 36.4 Å². The molecule has 3 N–H and O–H groups in total. The van der Waals surface area contributed by atoms with Gasteiger partial charge in [0.15, 0.2) is 0 Å². The molecule has 20 heavy (non-hydrogen) atoms. The van der Waals surface area contributed by atoms with Crippen molar-refractivity contribution in [3.05, 3.63) is 57.6 Å². The summed E-state index contributed by atoms with van der Waals surface area (Å²) in [4.78, 5) is 0. The molecular formula is C15H15Cl2NO2. The monoisotopic (exact) mass is 311 g/mol. The minimum atomic E-state index is 0.0132. The molecule has 0 bridgehead atoms. The van der Waals surface area contributed by atoms with E-state index < -0.39 is 0 Å². The van der Waals surface area contributed by atoms with Crippen molar-refractivity contribution in [3.8, 4) is 11.5 Å². The molecule has 0 aliphatic heterocycles. The Labute approximate surface area is 127 Å². The summed E-state index contributed by atoms with van der Waals surface area (Å²) in [6.45, 7) is 2.39. The smallest absolute Gasteiger partial charge is 0.138 e. The Balaban J connectivity index is 2.09. The van der Waals surface area contributed by atoms with Crippen LogP contribution in [0.2, 0.25) is 10.0 Å². The lowest BCUT2D eigenvalue weighted by Gasteiger charge is -2.15. The van der Waals surface area contributed by atoms with E-state index in [1.54, 1.807) is 24.3 Å². The summed E-state index contributed by atoms with van der Waals surface area (Å²) in [5, 5.41) is 23.3. The molecule has 5 heteroatoms. The number of hydrogen-bond acceptors (Lipinski definition) is 3. The predicted octanol–water partition coefficient (Wildman–Crippen LogP) is 4.26. The van der Waals surface area contributed by atoms with E-state index in [1.807, 2.05) is 13.0 Å². The highest BCUT2D eigenvalue weighted by Crippen LogP contribution is 2.31. The van der Waals surface area contributed by atoms with Crippen molar-refractivity contribution < 1.29 is 10.2 Å². The van der Waals surface area contributed by atoms with Gasteiger partial charge in [0.1, 0.15) is 11.5 Å². The van der Waals surface area contributed by atoms with E-state index in [0.717, 1.165) is 5.56 Å². The van der Waals surface area contributed by atoms with Gasteiger partial charge in [-0.2, -0.15) is 0 Å². The number of hydrogen-bond donors (Lipinski definition) is 3. The lowest BCUT2D eigenvalue weighted by molar-refractivity contribution is 0.458. The molecule has 3 nitrogen and oxygen atoms in total. The summed E-state index contributed by atoms with van der Waals surface area (Å²) in [7, 11) is 0. The highest BCUT2D eigenvalue weighted by molar-refractivity contribution is 6.35. The molecule has 0 aliphatic carbocycles. The number of benzene rings is 2. The van der Waals surface area contributed by atoms with Crippen LogP contribution in [0.5, 0.6) is 11.5 Å². The second kappa shape index (κ2) is 6.35. The Morgan fingerprint density at radius 2 is 1.90 bits per heavy atom. The number of rotatable bonds is 4. The average molecular weight is 312 g/mol. The molecule has 1 unspecified atom stereocenters. The second-order valence-corrected chi connectivity index (χ2v) is 5.44. The first-order valence-electron chi connectivity index (χ1n) is 6.16. The van der Waals surface area contributed by atoms with Gasteiger partial charge in [-0.15, -0.1) is 0 Å². The molecule has 0 spiro atoms. The second-order valence-electron chi connectivity index (χ2n) is 4.59. The lowest BCUT2D eigenvalue weighted by atomic mass is 10.1. The molecule has 0 aromatic heterocycles. The zero-order valence-electron chi connectivity index (χ0n) is 10.9. The molecule has 0 aliphatic rings. The van der Waals surface area contributed by atoms with Crippen LogP contribution in [0, 0.1) is 0 Å². The summed E-state index contributed by atoms with van der Waals surface area (Å²) in [5.41, 5.74) is 1.59. The standard InChI is InChI=1S/C15H15Cl2NO2/c1-9(10-3-2-4-13(19)6-10)18-8-11-5-12(16)7-14(17)15(11)20/h2-7,9,18-20H,8H2,1H3. The van der Waals surface area contributed by atoms with E-state index in [1.165, 1.54) is 6.07 Å². The Morgan fingerprint density at radius 1 is 1.15 bits per heavy atom. The van der Waals surface area contributed by atoms with Crippen molar-refractivity contribution in [3.63, 3.8) is 0 Å². The summed E-state index contributed by atoms with van der Waals surface area (Å²) in [6, 6.07) is 10.2. The number of aromatic hydroxyl groups is 2. The van der Waals surface area contributed by atoms with Crippen molar-refractivity contribution in [2.24, 2.45) is 0 Å². The fourth-order valence-corrected chi connectivity index (χ4v) is 2.46. The molecule has 2 aromatic rings. The third-order valence-corrected chi connectivity index (χ3v) is 3.58. The number of phenolic OH excluding ortho intramolecular Hbond substituents is 2. The summed E-state index contributed by atoms with van der Waals surface area (Å²) in [5.74, 6) is 0.261. The Bertz CT molecular complexity index is 617. The summed E-state index contributed by atoms with van der Waals surface area (Å²) in [6.07, 6.45) is 0. The van der Waals surface area contributed by atoms with Crippen LogP contribution in [-0.4, -0.2) is 10.2 Å². The zero-order chi connectivity index (χ0) is 14.7. The van der Waals surface area contributed by atoms with Crippen LogP contribution in [0.3, 0.4) is 0 Å². The van der Waals surface area contributed by atoms with Crippen LogP contribution in [0.25, 0.3) is 0 Å². The lowest BCUT2D eigenvalue weighted by Crippen LogP contribution is -2.18. The summed E-state index contributed by atoms with van der Waals surface area (Å²) < 4.78 is 0. The Kier molecular flexibility index (Phi) is 4.76. The van der Waals surface area contributed by atoms with Gasteiger partial charge in [-0.25, -0.2) is 0 Å². The number of halogens is 2. The van der Waals surface area contributed by atoms with Gasteiger partial charge in [-0.1, -0.05) is 35.3 Å². The van der Waals surface area contributed by atoms with Crippen molar-refractivity contribution >= 4 is 23.2 Å².